The third-order valence-electron chi connectivity index (χ3n) is 1.53. The first kappa shape index (κ1) is 12.3. The van der Waals surface area contributed by atoms with E-state index in [9.17, 15) is 9.90 Å². The van der Waals surface area contributed by atoms with Crippen molar-refractivity contribution in [3.05, 3.63) is 0 Å². The van der Waals surface area contributed by atoms with Crippen molar-refractivity contribution in [1.29, 1.82) is 0 Å². The standard InChI is InChI=1S/C8H16O5/c1-11-5-8(10,6-12-2)4-7(9)13-3/h10H,4-6H2,1-3H3. The molecule has 0 bridgehead atoms. The van der Waals surface area contributed by atoms with Gasteiger partial charge < -0.3 is 19.3 Å². The Morgan fingerprint density at radius 3 is 2.00 bits per heavy atom. The monoisotopic (exact) mass is 192 g/mol. The Labute approximate surface area is 77.6 Å². The smallest absolute Gasteiger partial charge is 0.308 e. The minimum absolute atomic E-state index is 0.0376. The van der Waals surface area contributed by atoms with Gasteiger partial charge in [0.05, 0.1) is 26.7 Å². The minimum atomic E-state index is -1.30. The molecule has 0 saturated heterocycles. The van der Waals surface area contributed by atoms with E-state index in [0.29, 0.717) is 0 Å². The molecule has 0 unspecified atom stereocenters. The molecule has 0 heterocycles. The van der Waals surface area contributed by atoms with Crippen molar-refractivity contribution >= 4 is 5.97 Å². The lowest BCUT2D eigenvalue weighted by Gasteiger charge is -2.24. The molecule has 0 radical (unpaired) electrons. The summed E-state index contributed by atoms with van der Waals surface area (Å²) in [4.78, 5) is 10.9. The van der Waals surface area contributed by atoms with Crippen molar-refractivity contribution in [3.8, 4) is 0 Å². The van der Waals surface area contributed by atoms with Gasteiger partial charge in [0.25, 0.3) is 0 Å². The molecule has 13 heavy (non-hydrogen) atoms. The van der Waals surface area contributed by atoms with Gasteiger partial charge in [0, 0.05) is 14.2 Å². The van der Waals surface area contributed by atoms with Crippen molar-refractivity contribution in [2.45, 2.75) is 12.0 Å². The zero-order valence-electron chi connectivity index (χ0n) is 8.20. The Balaban J connectivity index is 4.13. The fourth-order valence-corrected chi connectivity index (χ4v) is 1.02. The van der Waals surface area contributed by atoms with Crippen LogP contribution in [0.5, 0.6) is 0 Å². The molecular weight excluding hydrogens is 176 g/mol. The Morgan fingerprint density at radius 2 is 1.69 bits per heavy atom. The lowest BCUT2D eigenvalue weighted by molar-refractivity contribution is -0.152. The number of carbonyl (C=O) groups excluding carboxylic acids is 1. The maximum Gasteiger partial charge on any atom is 0.308 e. The number of methoxy groups -OCH3 is 3. The van der Waals surface area contributed by atoms with Crippen LogP contribution in [0.4, 0.5) is 0 Å². The van der Waals surface area contributed by atoms with Gasteiger partial charge >= 0.3 is 5.97 Å². The summed E-state index contributed by atoms with van der Waals surface area (Å²) in [7, 11) is 4.15. The van der Waals surface area contributed by atoms with Crippen LogP contribution in [0.3, 0.4) is 0 Å². The van der Waals surface area contributed by atoms with Crippen molar-refractivity contribution in [2.75, 3.05) is 34.5 Å². The van der Waals surface area contributed by atoms with Gasteiger partial charge in [0.2, 0.25) is 0 Å². The summed E-state index contributed by atoms with van der Waals surface area (Å²) in [5, 5.41) is 9.76. The third-order valence-corrected chi connectivity index (χ3v) is 1.53. The predicted octanol–water partition coefficient (Wildman–Crippen LogP) is -0.427. The first-order valence-electron chi connectivity index (χ1n) is 3.85. The van der Waals surface area contributed by atoms with Gasteiger partial charge in [0.1, 0.15) is 5.60 Å². The first-order chi connectivity index (χ1) is 6.08. The van der Waals surface area contributed by atoms with Crippen LogP contribution in [0, 0.1) is 0 Å². The Kier molecular flexibility index (Phi) is 5.61. The lowest BCUT2D eigenvalue weighted by atomic mass is 10.0. The minimum Gasteiger partial charge on any atom is -0.469 e. The second-order valence-electron chi connectivity index (χ2n) is 2.84. The summed E-state index contributed by atoms with van der Waals surface area (Å²) in [6, 6.07) is 0. The van der Waals surface area contributed by atoms with Gasteiger partial charge in [-0.25, -0.2) is 0 Å². The molecule has 0 aromatic carbocycles. The third kappa shape index (κ3) is 4.82. The highest BCUT2D eigenvalue weighted by molar-refractivity contribution is 5.70. The molecule has 0 aliphatic rings. The number of hydrogen-bond donors (Lipinski definition) is 1. The van der Waals surface area contributed by atoms with Crippen LogP contribution < -0.4 is 0 Å². The van der Waals surface area contributed by atoms with E-state index in [1.807, 2.05) is 0 Å². The highest BCUT2D eigenvalue weighted by atomic mass is 16.5. The quantitative estimate of drug-likeness (QED) is 0.579. The van der Waals surface area contributed by atoms with Crippen LogP contribution in [0.1, 0.15) is 6.42 Å². The van der Waals surface area contributed by atoms with Crippen LogP contribution in [-0.2, 0) is 19.0 Å². The van der Waals surface area contributed by atoms with E-state index in [1.165, 1.54) is 21.3 Å². The molecule has 0 aromatic rings. The van der Waals surface area contributed by atoms with E-state index in [2.05, 4.69) is 4.74 Å². The largest absolute Gasteiger partial charge is 0.469 e. The van der Waals surface area contributed by atoms with Crippen molar-refractivity contribution in [2.24, 2.45) is 0 Å². The second kappa shape index (κ2) is 5.90. The fraction of sp³-hybridized carbons (Fsp3) is 0.875. The molecule has 0 atom stereocenters. The van der Waals surface area contributed by atoms with E-state index >= 15 is 0 Å². The second-order valence-corrected chi connectivity index (χ2v) is 2.84. The number of aliphatic hydroxyl groups is 1. The number of hydrogen-bond acceptors (Lipinski definition) is 5. The maximum absolute atomic E-state index is 10.9. The van der Waals surface area contributed by atoms with Crippen molar-refractivity contribution < 1.29 is 24.1 Å². The highest BCUT2D eigenvalue weighted by Crippen LogP contribution is 2.12. The molecule has 0 aliphatic heterocycles. The predicted molar refractivity (Wildman–Crippen MR) is 45.3 cm³/mol. The van der Waals surface area contributed by atoms with Gasteiger partial charge in [-0.3, -0.25) is 4.79 Å². The van der Waals surface area contributed by atoms with E-state index in [1.54, 1.807) is 0 Å². The van der Waals surface area contributed by atoms with Crippen LogP contribution >= 0.6 is 0 Å². The van der Waals surface area contributed by atoms with Gasteiger partial charge in [0.15, 0.2) is 0 Å². The maximum atomic E-state index is 10.9. The normalized spacial score (nSPS) is 11.4. The molecular formula is C8H16O5. The number of carbonyl (C=O) groups is 1. The highest BCUT2D eigenvalue weighted by Gasteiger charge is 2.30. The Morgan fingerprint density at radius 1 is 1.23 bits per heavy atom. The number of esters is 1. The topological polar surface area (TPSA) is 65.0 Å². The Hall–Kier alpha value is -0.650. The molecule has 0 aliphatic carbocycles. The zero-order valence-corrected chi connectivity index (χ0v) is 8.20. The molecule has 5 nitrogen and oxygen atoms in total. The molecule has 1 N–H and O–H groups in total. The van der Waals surface area contributed by atoms with Gasteiger partial charge in [-0.15, -0.1) is 0 Å². The average Bonchev–Trinajstić information content (AvgIpc) is 2.04. The Bertz CT molecular complexity index is 151. The van der Waals surface area contributed by atoms with Crippen LogP contribution in [0.15, 0.2) is 0 Å². The van der Waals surface area contributed by atoms with Gasteiger partial charge in [-0.05, 0) is 0 Å². The van der Waals surface area contributed by atoms with Crippen molar-refractivity contribution in [3.63, 3.8) is 0 Å². The number of rotatable bonds is 6. The SMILES string of the molecule is COCC(O)(COC)CC(=O)OC. The van der Waals surface area contributed by atoms with E-state index in [-0.39, 0.29) is 19.6 Å². The van der Waals surface area contributed by atoms with E-state index < -0.39 is 11.6 Å². The number of ether oxygens (including phenoxy) is 3. The van der Waals surface area contributed by atoms with E-state index in [4.69, 9.17) is 9.47 Å². The molecule has 0 fully saturated rings. The summed E-state index contributed by atoms with van der Waals surface area (Å²) in [5.74, 6) is -0.489. The summed E-state index contributed by atoms with van der Waals surface area (Å²) in [5.41, 5.74) is -1.30. The van der Waals surface area contributed by atoms with E-state index in [0.717, 1.165) is 0 Å². The van der Waals surface area contributed by atoms with Crippen molar-refractivity contribution in [1.82, 2.24) is 0 Å². The zero-order chi connectivity index (χ0) is 10.3. The fourth-order valence-electron chi connectivity index (χ4n) is 1.02. The van der Waals surface area contributed by atoms with Gasteiger partial charge in [-0.1, -0.05) is 0 Å². The first-order valence-corrected chi connectivity index (χ1v) is 3.85. The summed E-state index contributed by atoms with van der Waals surface area (Å²) >= 11 is 0. The molecule has 0 saturated carbocycles. The molecule has 5 heteroatoms. The molecule has 0 aromatic heterocycles. The molecule has 0 rings (SSSR count). The summed E-state index contributed by atoms with van der Waals surface area (Å²) < 4.78 is 14.0. The lowest BCUT2D eigenvalue weighted by Crippen LogP contribution is -2.41. The summed E-state index contributed by atoms with van der Waals surface area (Å²) in [6.45, 7) is 0.0753. The summed E-state index contributed by atoms with van der Waals surface area (Å²) in [6.07, 6.45) is -0.134. The van der Waals surface area contributed by atoms with Crippen LogP contribution in [0.2, 0.25) is 0 Å². The van der Waals surface area contributed by atoms with Crippen LogP contribution in [-0.4, -0.2) is 51.2 Å². The van der Waals surface area contributed by atoms with Gasteiger partial charge in [-0.2, -0.15) is 0 Å². The molecule has 0 spiro atoms. The van der Waals surface area contributed by atoms with Crippen LogP contribution in [0.25, 0.3) is 0 Å². The molecule has 78 valence electrons. The molecule has 0 amide bonds. The average molecular weight is 192 g/mol.